The molecule has 1 aliphatic carbocycles. The maximum absolute atomic E-state index is 12.2. The van der Waals surface area contributed by atoms with Gasteiger partial charge in [-0.2, -0.15) is 0 Å². The number of alkyl halides is 3. The number of carbonyl (C=O) groups is 1. The van der Waals surface area contributed by atoms with Crippen molar-refractivity contribution in [3.05, 3.63) is 35.9 Å². The van der Waals surface area contributed by atoms with Crippen LogP contribution in [0.4, 0.5) is 13.2 Å². The van der Waals surface area contributed by atoms with Crippen LogP contribution in [0.2, 0.25) is 0 Å². The molecule has 21 heavy (non-hydrogen) atoms. The molecule has 0 saturated heterocycles. The lowest BCUT2D eigenvalue weighted by atomic mass is 9.97. The normalized spacial score (nSPS) is 16.5. The fourth-order valence-electron chi connectivity index (χ4n) is 1.92. The van der Waals surface area contributed by atoms with Gasteiger partial charge in [-0.3, -0.25) is 10.2 Å². The van der Waals surface area contributed by atoms with Gasteiger partial charge in [0.1, 0.15) is 6.67 Å². The van der Waals surface area contributed by atoms with Crippen LogP contribution >= 0.6 is 0 Å². The summed E-state index contributed by atoms with van der Waals surface area (Å²) < 4.78 is 36.0. The van der Waals surface area contributed by atoms with Crippen molar-refractivity contribution in [1.29, 1.82) is 0 Å². The van der Waals surface area contributed by atoms with Crippen LogP contribution in [0.3, 0.4) is 0 Å². The number of carbonyl (C=O) groups excluding carboxylic acids is 1. The molecule has 0 aromatic heterocycles. The van der Waals surface area contributed by atoms with Gasteiger partial charge in [0.2, 0.25) is 5.92 Å². The Morgan fingerprint density at radius 3 is 2.19 bits per heavy atom. The van der Waals surface area contributed by atoms with Crippen molar-refractivity contribution < 1.29 is 18.0 Å². The van der Waals surface area contributed by atoms with Gasteiger partial charge in [-0.05, 0) is 25.0 Å². The average molecular weight is 302 g/mol. The third-order valence-electron chi connectivity index (χ3n) is 3.04. The molecule has 1 aromatic rings. The monoisotopic (exact) mass is 302 g/mol. The lowest BCUT2D eigenvalue weighted by Gasteiger charge is -2.20. The van der Waals surface area contributed by atoms with Crippen LogP contribution in [0.15, 0.2) is 30.3 Å². The Bertz CT molecular complexity index is 405. The molecular formula is C15H21F3N2O. The predicted octanol–water partition coefficient (Wildman–Crippen LogP) is 3.48. The smallest absolute Gasteiger partial charge is 0.265 e. The second kappa shape index (κ2) is 9.39. The molecule has 1 saturated carbocycles. The van der Waals surface area contributed by atoms with Crippen molar-refractivity contribution in [2.24, 2.45) is 0 Å². The van der Waals surface area contributed by atoms with Gasteiger partial charge in [0.25, 0.3) is 5.91 Å². The van der Waals surface area contributed by atoms with Gasteiger partial charge >= 0.3 is 0 Å². The van der Waals surface area contributed by atoms with Gasteiger partial charge in [-0.25, -0.2) is 18.6 Å². The zero-order chi connectivity index (χ0) is 15.6. The highest BCUT2D eigenvalue weighted by Gasteiger charge is 2.30. The van der Waals surface area contributed by atoms with Gasteiger partial charge in [-0.1, -0.05) is 24.6 Å². The minimum atomic E-state index is -2.32. The molecule has 0 unspecified atom stereocenters. The highest BCUT2D eigenvalue weighted by atomic mass is 19.3. The Hall–Kier alpha value is -1.56. The molecular weight excluding hydrogens is 281 g/mol. The maximum Gasteiger partial charge on any atom is 0.265 e. The van der Waals surface area contributed by atoms with Gasteiger partial charge in [0.15, 0.2) is 0 Å². The van der Waals surface area contributed by atoms with E-state index >= 15 is 0 Å². The van der Waals surface area contributed by atoms with Crippen molar-refractivity contribution in [2.75, 3.05) is 13.2 Å². The van der Waals surface area contributed by atoms with E-state index in [0.717, 1.165) is 6.42 Å². The van der Waals surface area contributed by atoms with Crippen molar-refractivity contribution >= 4 is 5.91 Å². The Kier molecular flexibility index (Phi) is 7.82. The molecule has 1 aromatic carbocycles. The van der Waals surface area contributed by atoms with E-state index in [-0.39, 0.29) is 25.3 Å². The molecule has 0 atom stereocenters. The summed E-state index contributed by atoms with van der Waals surface area (Å²) in [6.07, 6.45) is 2.66. The van der Waals surface area contributed by atoms with Crippen LogP contribution in [0, 0.1) is 0 Å². The van der Waals surface area contributed by atoms with E-state index in [1.165, 1.54) is 0 Å². The molecule has 3 nitrogen and oxygen atoms in total. The largest absolute Gasteiger partial charge is 0.287 e. The third-order valence-corrected chi connectivity index (χ3v) is 3.04. The van der Waals surface area contributed by atoms with E-state index in [9.17, 15) is 18.0 Å². The summed E-state index contributed by atoms with van der Waals surface area (Å²) >= 11 is 0. The summed E-state index contributed by atoms with van der Waals surface area (Å²) in [5.41, 5.74) is 5.38. The Morgan fingerprint density at radius 1 is 1.10 bits per heavy atom. The predicted molar refractivity (Wildman–Crippen MR) is 75.9 cm³/mol. The Balaban J connectivity index is 0.000000235. The highest BCUT2D eigenvalue weighted by molar-refractivity contribution is 5.93. The molecule has 118 valence electrons. The molecule has 1 aliphatic rings. The van der Waals surface area contributed by atoms with E-state index in [0.29, 0.717) is 18.4 Å². The number of nitrogens with one attached hydrogen (secondary N) is 2. The van der Waals surface area contributed by atoms with Crippen LogP contribution in [-0.2, 0) is 0 Å². The van der Waals surface area contributed by atoms with Gasteiger partial charge in [0, 0.05) is 24.9 Å². The summed E-state index contributed by atoms with van der Waals surface area (Å²) in [6.45, 7) is -0.381. The fourth-order valence-corrected chi connectivity index (χ4v) is 1.92. The van der Waals surface area contributed by atoms with Crippen molar-refractivity contribution in [3.63, 3.8) is 0 Å². The zero-order valence-corrected chi connectivity index (χ0v) is 11.9. The number of hydrazine groups is 1. The Labute approximate surface area is 122 Å². The van der Waals surface area contributed by atoms with Gasteiger partial charge in [0.05, 0.1) is 0 Å². The molecule has 2 N–H and O–H groups in total. The van der Waals surface area contributed by atoms with Crippen LogP contribution in [0.25, 0.3) is 0 Å². The lowest BCUT2D eigenvalue weighted by molar-refractivity contribution is -0.0337. The minimum absolute atomic E-state index is 0.118. The van der Waals surface area contributed by atoms with E-state index in [4.69, 9.17) is 0 Å². The van der Waals surface area contributed by atoms with Crippen LogP contribution in [0.5, 0.6) is 0 Å². The first-order chi connectivity index (χ1) is 10.0. The quantitative estimate of drug-likeness (QED) is 0.660. The minimum Gasteiger partial charge on any atom is -0.287 e. The van der Waals surface area contributed by atoms with Crippen molar-refractivity contribution in [2.45, 2.75) is 38.0 Å². The van der Waals surface area contributed by atoms with Gasteiger partial charge < -0.3 is 0 Å². The van der Waals surface area contributed by atoms with Crippen molar-refractivity contribution in [1.82, 2.24) is 10.9 Å². The molecule has 0 aliphatic heterocycles. The molecule has 6 heteroatoms. The number of halogens is 3. The molecule has 0 heterocycles. The summed E-state index contributed by atoms with van der Waals surface area (Å²) in [7, 11) is 0. The fraction of sp³-hybridized carbons (Fsp3) is 0.533. The first kappa shape index (κ1) is 17.5. The number of amides is 1. The number of hydrogen-bond acceptors (Lipinski definition) is 2. The van der Waals surface area contributed by atoms with Gasteiger partial charge in [-0.15, -0.1) is 0 Å². The third kappa shape index (κ3) is 7.70. The topological polar surface area (TPSA) is 41.1 Å². The van der Waals surface area contributed by atoms with E-state index in [1.807, 2.05) is 6.07 Å². The van der Waals surface area contributed by atoms with Crippen LogP contribution in [-0.4, -0.2) is 25.0 Å². The molecule has 2 rings (SSSR count). The second-order valence-corrected chi connectivity index (χ2v) is 4.85. The molecule has 0 spiro atoms. The summed E-state index contributed by atoms with van der Waals surface area (Å²) in [4.78, 5) is 11.2. The molecule has 1 amide bonds. The zero-order valence-electron chi connectivity index (χ0n) is 11.9. The maximum atomic E-state index is 12.2. The molecule has 1 fully saturated rings. The Morgan fingerprint density at radius 2 is 1.71 bits per heavy atom. The number of hydrogen-bond donors (Lipinski definition) is 2. The first-order valence-electron chi connectivity index (χ1n) is 7.07. The highest BCUT2D eigenvalue weighted by Crippen LogP contribution is 2.32. The lowest BCUT2D eigenvalue weighted by Crippen LogP contribution is -2.38. The van der Waals surface area contributed by atoms with E-state index in [2.05, 4.69) is 10.9 Å². The SMILES string of the molecule is FC1(F)CCCCC1.O=C(NNCCF)c1ccccc1. The summed E-state index contributed by atoms with van der Waals surface area (Å²) in [5.74, 6) is -2.58. The van der Waals surface area contributed by atoms with Crippen LogP contribution in [0.1, 0.15) is 42.5 Å². The standard InChI is InChI=1S/C9H11FN2O.C6H10F2/c10-6-7-11-12-9(13)8-4-2-1-3-5-8;7-6(8)4-2-1-3-5-6/h1-5,11H,6-7H2,(H,12,13);1-5H2. The number of rotatable bonds is 4. The van der Waals surface area contributed by atoms with E-state index in [1.54, 1.807) is 24.3 Å². The van der Waals surface area contributed by atoms with Crippen molar-refractivity contribution in [3.8, 4) is 0 Å². The van der Waals surface area contributed by atoms with Crippen LogP contribution < -0.4 is 10.9 Å². The molecule has 0 radical (unpaired) electrons. The van der Waals surface area contributed by atoms with E-state index < -0.39 is 12.6 Å². The average Bonchev–Trinajstić information content (AvgIpc) is 2.49. The summed E-state index contributed by atoms with van der Waals surface area (Å²) in [5, 5.41) is 0. The first-order valence-corrected chi connectivity index (χ1v) is 7.07. The second-order valence-electron chi connectivity index (χ2n) is 4.85. The molecule has 0 bridgehead atoms. The summed E-state index contributed by atoms with van der Waals surface area (Å²) in [6, 6.07) is 8.73. The number of benzene rings is 1.